The second kappa shape index (κ2) is 9.15. The van der Waals surface area contributed by atoms with Gasteiger partial charge in [0.2, 0.25) is 0 Å². The van der Waals surface area contributed by atoms with E-state index in [0.29, 0.717) is 24.2 Å². The number of rotatable bonds is 6. The van der Waals surface area contributed by atoms with Crippen molar-refractivity contribution < 1.29 is 9.59 Å². The van der Waals surface area contributed by atoms with Crippen molar-refractivity contribution in [2.24, 2.45) is 0 Å². The van der Waals surface area contributed by atoms with Crippen LogP contribution in [0.25, 0.3) is 0 Å². The predicted molar refractivity (Wildman–Crippen MR) is 115 cm³/mol. The second-order valence-electron chi connectivity index (χ2n) is 6.99. The molecule has 5 heteroatoms. The summed E-state index contributed by atoms with van der Waals surface area (Å²) in [5.74, 6) is -0.429. The summed E-state index contributed by atoms with van der Waals surface area (Å²) < 4.78 is 0. The number of anilines is 1. The zero-order valence-corrected chi connectivity index (χ0v) is 17.0. The molecule has 0 atom stereocenters. The molecular formula is C24H25N3O2. The lowest BCUT2D eigenvalue weighted by Gasteiger charge is -2.21. The van der Waals surface area contributed by atoms with Crippen LogP contribution in [0.1, 0.15) is 44.3 Å². The van der Waals surface area contributed by atoms with Crippen LogP contribution in [0, 0.1) is 13.8 Å². The number of pyridine rings is 1. The summed E-state index contributed by atoms with van der Waals surface area (Å²) in [5, 5.41) is 2.94. The van der Waals surface area contributed by atoms with E-state index in [9.17, 15) is 9.59 Å². The van der Waals surface area contributed by atoms with Crippen LogP contribution in [-0.4, -0.2) is 28.2 Å². The number of benzene rings is 2. The number of nitrogens with zero attached hydrogens (tertiary/aromatic N) is 2. The molecule has 0 saturated heterocycles. The van der Waals surface area contributed by atoms with Gasteiger partial charge in [-0.25, -0.2) is 0 Å². The van der Waals surface area contributed by atoms with Crippen molar-refractivity contribution in [1.29, 1.82) is 0 Å². The summed E-state index contributed by atoms with van der Waals surface area (Å²) in [6.07, 6.45) is 2.99. The molecule has 1 heterocycles. The maximum Gasteiger partial charge on any atom is 0.257 e. The van der Waals surface area contributed by atoms with Crippen molar-refractivity contribution in [3.05, 3.63) is 94.8 Å². The van der Waals surface area contributed by atoms with E-state index in [1.807, 2.05) is 69.3 Å². The van der Waals surface area contributed by atoms with Gasteiger partial charge in [-0.05, 0) is 43.5 Å². The van der Waals surface area contributed by atoms with Crippen LogP contribution in [0.15, 0.2) is 67.0 Å². The number of amides is 2. The van der Waals surface area contributed by atoms with Gasteiger partial charge in [-0.2, -0.15) is 0 Å². The Kier molecular flexibility index (Phi) is 6.39. The van der Waals surface area contributed by atoms with Crippen molar-refractivity contribution >= 4 is 17.5 Å². The number of hydrogen-bond acceptors (Lipinski definition) is 3. The summed E-state index contributed by atoms with van der Waals surface area (Å²) in [6, 6.07) is 17.3. The molecule has 0 aliphatic carbocycles. The maximum atomic E-state index is 13.0. The number of hydrogen-bond donors (Lipinski definition) is 1. The van der Waals surface area contributed by atoms with Gasteiger partial charge in [0.15, 0.2) is 0 Å². The smallest absolute Gasteiger partial charge is 0.257 e. The summed E-state index contributed by atoms with van der Waals surface area (Å²) in [6.45, 7) is 6.90. The third-order valence-electron chi connectivity index (χ3n) is 4.85. The summed E-state index contributed by atoms with van der Waals surface area (Å²) >= 11 is 0. The Bertz CT molecular complexity index is 995. The van der Waals surface area contributed by atoms with Crippen LogP contribution < -0.4 is 5.32 Å². The Labute approximate surface area is 171 Å². The highest BCUT2D eigenvalue weighted by Gasteiger charge is 2.17. The van der Waals surface area contributed by atoms with Gasteiger partial charge in [0.25, 0.3) is 11.8 Å². The molecule has 0 unspecified atom stereocenters. The van der Waals surface area contributed by atoms with E-state index in [-0.39, 0.29) is 11.8 Å². The minimum atomic E-state index is -0.282. The average molecular weight is 387 g/mol. The highest BCUT2D eigenvalue weighted by molar-refractivity contribution is 6.06. The van der Waals surface area contributed by atoms with Gasteiger partial charge >= 0.3 is 0 Å². The highest BCUT2D eigenvalue weighted by Crippen LogP contribution is 2.20. The van der Waals surface area contributed by atoms with E-state index in [1.54, 1.807) is 11.0 Å². The normalized spacial score (nSPS) is 10.4. The fourth-order valence-corrected chi connectivity index (χ4v) is 3.19. The molecule has 2 aromatic carbocycles. The minimum absolute atomic E-state index is 0.148. The first-order valence-corrected chi connectivity index (χ1v) is 9.65. The molecule has 0 spiro atoms. The lowest BCUT2D eigenvalue weighted by atomic mass is 10.1. The van der Waals surface area contributed by atoms with E-state index in [2.05, 4.69) is 10.3 Å². The molecule has 5 nitrogen and oxygen atoms in total. The Balaban J connectivity index is 1.79. The Morgan fingerprint density at radius 3 is 2.24 bits per heavy atom. The second-order valence-corrected chi connectivity index (χ2v) is 6.99. The van der Waals surface area contributed by atoms with Crippen LogP contribution in [0.5, 0.6) is 0 Å². The standard InChI is InChI=1S/C24H25N3O2/c1-4-27(16-19-11-6-5-7-12-19)24(29)21-13-20(14-25-15-21)23(28)26-22-17(2)9-8-10-18(22)3/h5-15H,4,16H2,1-3H3,(H,26,28). The van der Waals surface area contributed by atoms with E-state index in [1.165, 1.54) is 12.4 Å². The molecule has 2 amide bonds. The molecule has 0 radical (unpaired) electrons. The van der Waals surface area contributed by atoms with E-state index in [0.717, 1.165) is 22.4 Å². The van der Waals surface area contributed by atoms with Crippen LogP contribution in [0.3, 0.4) is 0 Å². The van der Waals surface area contributed by atoms with Gasteiger partial charge in [0, 0.05) is 31.2 Å². The predicted octanol–water partition coefficient (Wildman–Crippen LogP) is 4.61. The first-order valence-electron chi connectivity index (χ1n) is 9.65. The lowest BCUT2D eigenvalue weighted by Crippen LogP contribution is -2.30. The van der Waals surface area contributed by atoms with Crippen LogP contribution in [-0.2, 0) is 6.54 Å². The molecule has 1 N–H and O–H groups in total. The Morgan fingerprint density at radius 1 is 0.931 bits per heavy atom. The summed E-state index contributed by atoms with van der Waals surface area (Å²) in [5.41, 5.74) is 4.57. The van der Waals surface area contributed by atoms with Gasteiger partial charge in [0.05, 0.1) is 11.1 Å². The fraction of sp³-hybridized carbons (Fsp3) is 0.208. The number of aromatic nitrogens is 1. The fourth-order valence-electron chi connectivity index (χ4n) is 3.19. The quantitative estimate of drug-likeness (QED) is 0.672. The van der Waals surface area contributed by atoms with Gasteiger partial charge in [-0.3, -0.25) is 14.6 Å². The van der Waals surface area contributed by atoms with Gasteiger partial charge in [-0.15, -0.1) is 0 Å². The van der Waals surface area contributed by atoms with Gasteiger partial charge in [-0.1, -0.05) is 48.5 Å². The average Bonchev–Trinajstić information content (AvgIpc) is 2.75. The van der Waals surface area contributed by atoms with E-state index >= 15 is 0 Å². The molecular weight excluding hydrogens is 362 g/mol. The molecule has 0 saturated carbocycles. The van der Waals surface area contributed by atoms with Crippen molar-refractivity contribution in [2.45, 2.75) is 27.3 Å². The van der Waals surface area contributed by atoms with Crippen molar-refractivity contribution in [2.75, 3.05) is 11.9 Å². The molecule has 3 rings (SSSR count). The largest absolute Gasteiger partial charge is 0.335 e. The number of carbonyl (C=O) groups is 2. The van der Waals surface area contributed by atoms with Crippen LogP contribution in [0.4, 0.5) is 5.69 Å². The lowest BCUT2D eigenvalue weighted by molar-refractivity contribution is 0.0752. The summed E-state index contributed by atoms with van der Waals surface area (Å²) in [7, 11) is 0. The first-order chi connectivity index (χ1) is 14.0. The van der Waals surface area contributed by atoms with E-state index in [4.69, 9.17) is 0 Å². The Morgan fingerprint density at radius 2 is 1.59 bits per heavy atom. The molecule has 0 aliphatic rings. The zero-order valence-electron chi connectivity index (χ0n) is 17.0. The zero-order chi connectivity index (χ0) is 20.8. The number of aryl methyl sites for hydroxylation is 2. The van der Waals surface area contributed by atoms with Gasteiger partial charge < -0.3 is 10.2 Å². The number of carbonyl (C=O) groups excluding carboxylic acids is 2. The molecule has 3 aromatic rings. The summed E-state index contributed by atoms with van der Waals surface area (Å²) in [4.78, 5) is 31.6. The third-order valence-corrected chi connectivity index (χ3v) is 4.85. The molecule has 1 aromatic heterocycles. The molecule has 29 heavy (non-hydrogen) atoms. The number of nitrogens with one attached hydrogen (secondary N) is 1. The van der Waals surface area contributed by atoms with Crippen molar-refractivity contribution in [3.63, 3.8) is 0 Å². The topological polar surface area (TPSA) is 62.3 Å². The van der Waals surface area contributed by atoms with Gasteiger partial charge in [0.1, 0.15) is 0 Å². The molecule has 0 bridgehead atoms. The van der Waals surface area contributed by atoms with Crippen LogP contribution >= 0.6 is 0 Å². The van der Waals surface area contributed by atoms with E-state index < -0.39 is 0 Å². The SMILES string of the molecule is CCN(Cc1ccccc1)C(=O)c1cncc(C(=O)Nc2c(C)cccc2C)c1. The van der Waals surface area contributed by atoms with Crippen molar-refractivity contribution in [3.8, 4) is 0 Å². The maximum absolute atomic E-state index is 13.0. The third kappa shape index (κ3) is 4.88. The van der Waals surface area contributed by atoms with Crippen LogP contribution in [0.2, 0.25) is 0 Å². The molecule has 0 aliphatic heterocycles. The minimum Gasteiger partial charge on any atom is -0.335 e. The monoisotopic (exact) mass is 387 g/mol. The highest BCUT2D eigenvalue weighted by atomic mass is 16.2. The number of para-hydroxylation sites is 1. The molecule has 0 fully saturated rings. The Hall–Kier alpha value is -3.47. The molecule has 148 valence electrons. The van der Waals surface area contributed by atoms with Crippen molar-refractivity contribution in [1.82, 2.24) is 9.88 Å². The first kappa shape index (κ1) is 20.3.